The van der Waals surface area contributed by atoms with Crippen LogP contribution in [0.1, 0.15) is 15.9 Å². The van der Waals surface area contributed by atoms with E-state index in [9.17, 15) is 17.6 Å². The molecule has 0 fully saturated rings. The minimum Gasteiger partial charge on any atom is -0.452 e. The summed E-state index contributed by atoms with van der Waals surface area (Å²) in [5, 5.41) is 0. The third-order valence-electron chi connectivity index (χ3n) is 4.03. The van der Waals surface area contributed by atoms with Crippen molar-refractivity contribution < 1.29 is 26.5 Å². The van der Waals surface area contributed by atoms with Gasteiger partial charge in [-0.3, -0.25) is 4.79 Å². The maximum absolute atomic E-state index is 13.3. The molecular formula is C21H13FO5S. The van der Waals surface area contributed by atoms with Gasteiger partial charge < -0.3 is 8.92 Å². The fourth-order valence-corrected chi connectivity index (χ4v) is 3.67. The van der Waals surface area contributed by atoms with Crippen molar-refractivity contribution in [3.63, 3.8) is 0 Å². The average molecular weight is 396 g/mol. The molecule has 3 aromatic rings. The van der Waals surface area contributed by atoms with Gasteiger partial charge in [-0.25, -0.2) is 4.39 Å². The standard InChI is InChI=1S/C21H13FO5S/c22-15-6-4-5-14(11-15)12-20-21(23)18-10-9-16(13-19(18)26-20)27-28(24,25)17-7-2-1-3-8-17/h1-13H/b20-12-. The van der Waals surface area contributed by atoms with Gasteiger partial charge in [-0.1, -0.05) is 30.3 Å². The number of fused-ring (bicyclic) bond motifs is 1. The lowest BCUT2D eigenvalue weighted by atomic mass is 10.1. The summed E-state index contributed by atoms with van der Waals surface area (Å²) in [7, 11) is -4.01. The van der Waals surface area contributed by atoms with E-state index in [0.29, 0.717) is 5.56 Å². The Morgan fingerprint density at radius 2 is 1.71 bits per heavy atom. The number of carbonyl (C=O) groups excluding carboxylic acids is 1. The van der Waals surface area contributed by atoms with Gasteiger partial charge in [0.2, 0.25) is 5.78 Å². The lowest BCUT2D eigenvalue weighted by Gasteiger charge is -2.07. The molecule has 0 radical (unpaired) electrons. The molecule has 0 saturated carbocycles. The molecule has 5 nitrogen and oxygen atoms in total. The molecule has 1 heterocycles. The van der Waals surface area contributed by atoms with Crippen LogP contribution >= 0.6 is 0 Å². The molecule has 0 unspecified atom stereocenters. The fourth-order valence-electron chi connectivity index (χ4n) is 2.73. The third kappa shape index (κ3) is 3.52. The molecule has 0 N–H and O–H groups in total. The van der Waals surface area contributed by atoms with Crippen molar-refractivity contribution >= 4 is 22.0 Å². The Morgan fingerprint density at radius 3 is 2.46 bits per heavy atom. The monoisotopic (exact) mass is 396 g/mol. The van der Waals surface area contributed by atoms with Gasteiger partial charge in [-0.05, 0) is 48.0 Å². The molecule has 0 saturated heterocycles. The van der Waals surface area contributed by atoms with E-state index in [4.69, 9.17) is 8.92 Å². The van der Waals surface area contributed by atoms with Crippen LogP contribution in [0.4, 0.5) is 4.39 Å². The molecule has 28 heavy (non-hydrogen) atoms. The molecule has 0 aliphatic carbocycles. The number of allylic oxidation sites excluding steroid dienone is 1. The smallest absolute Gasteiger partial charge is 0.339 e. The molecule has 0 spiro atoms. The van der Waals surface area contributed by atoms with Crippen LogP contribution < -0.4 is 8.92 Å². The molecule has 140 valence electrons. The molecular weight excluding hydrogens is 383 g/mol. The van der Waals surface area contributed by atoms with Gasteiger partial charge in [0.1, 0.15) is 22.2 Å². The first kappa shape index (κ1) is 17.9. The summed E-state index contributed by atoms with van der Waals surface area (Å²) in [5.41, 5.74) is 0.742. The van der Waals surface area contributed by atoms with Gasteiger partial charge in [0.15, 0.2) is 5.76 Å². The first-order valence-corrected chi connectivity index (χ1v) is 9.67. The van der Waals surface area contributed by atoms with Crippen LogP contribution in [0, 0.1) is 5.82 Å². The van der Waals surface area contributed by atoms with Crippen molar-refractivity contribution in [2.75, 3.05) is 0 Å². The van der Waals surface area contributed by atoms with Crippen LogP contribution in [0.3, 0.4) is 0 Å². The van der Waals surface area contributed by atoms with Crippen molar-refractivity contribution in [2.24, 2.45) is 0 Å². The second kappa shape index (κ2) is 6.94. The molecule has 0 amide bonds. The van der Waals surface area contributed by atoms with Gasteiger partial charge in [-0.2, -0.15) is 8.42 Å². The molecule has 0 atom stereocenters. The van der Waals surface area contributed by atoms with E-state index in [-0.39, 0.29) is 33.5 Å². The average Bonchev–Trinajstić information content (AvgIpc) is 2.97. The van der Waals surface area contributed by atoms with E-state index in [1.54, 1.807) is 24.3 Å². The van der Waals surface area contributed by atoms with Crippen LogP contribution in [0.5, 0.6) is 11.5 Å². The lowest BCUT2D eigenvalue weighted by molar-refractivity contribution is 0.101. The molecule has 0 bridgehead atoms. The highest BCUT2D eigenvalue weighted by molar-refractivity contribution is 7.87. The Balaban J connectivity index is 1.61. The van der Waals surface area contributed by atoms with Crippen molar-refractivity contribution in [1.82, 2.24) is 0 Å². The van der Waals surface area contributed by atoms with E-state index in [1.165, 1.54) is 54.6 Å². The number of Topliss-reactive ketones (excluding diaryl/α,β-unsaturated/α-hetero) is 1. The highest BCUT2D eigenvalue weighted by Gasteiger charge is 2.28. The van der Waals surface area contributed by atoms with E-state index >= 15 is 0 Å². The van der Waals surface area contributed by atoms with E-state index in [1.807, 2.05) is 0 Å². The number of ketones is 1. The van der Waals surface area contributed by atoms with Crippen LogP contribution in [0.2, 0.25) is 0 Å². The highest BCUT2D eigenvalue weighted by atomic mass is 32.2. The zero-order valence-corrected chi connectivity index (χ0v) is 15.1. The fraction of sp³-hybridized carbons (Fsp3) is 0. The maximum atomic E-state index is 13.3. The third-order valence-corrected chi connectivity index (χ3v) is 5.29. The van der Waals surface area contributed by atoms with E-state index in [2.05, 4.69) is 0 Å². The minimum atomic E-state index is -4.01. The molecule has 7 heteroatoms. The van der Waals surface area contributed by atoms with Crippen LogP contribution in [0.15, 0.2) is 83.5 Å². The molecule has 1 aliphatic rings. The second-order valence-electron chi connectivity index (χ2n) is 6.00. The zero-order chi connectivity index (χ0) is 19.7. The van der Waals surface area contributed by atoms with Gasteiger partial charge in [-0.15, -0.1) is 0 Å². The number of halogens is 1. The first-order chi connectivity index (χ1) is 13.4. The van der Waals surface area contributed by atoms with E-state index in [0.717, 1.165) is 0 Å². The number of rotatable bonds is 4. The van der Waals surface area contributed by atoms with E-state index < -0.39 is 15.9 Å². The number of hydrogen-bond donors (Lipinski definition) is 0. The number of hydrogen-bond acceptors (Lipinski definition) is 5. The topological polar surface area (TPSA) is 69.7 Å². The maximum Gasteiger partial charge on any atom is 0.339 e. The summed E-state index contributed by atoms with van der Waals surface area (Å²) in [4.78, 5) is 12.5. The molecule has 0 aromatic heterocycles. The number of benzene rings is 3. The summed E-state index contributed by atoms with van der Waals surface area (Å²) in [6.45, 7) is 0. The normalized spacial score (nSPS) is 14.6. The lowest BCUT2D eigenvalue weighted by Crippen LogP contribution is -2.09. The summed E-state index contributed by atoms with van der Waals surface area (Å²) in [6.07, 6.45) is 1.42. The van der Waals surface area contributed by atoms with Gasteiger partial charge in [0.25, 0.3) is 0 Å². The molecule has 3 aromatic carbocycles. The Morgan fingerprint density at radius 1 is 0.929 bits per heavy atom. The van der Waals surface area contributed by atoms with Gasteiger partial charge in [0.05, 0.1) is 5.56 Å². The summed E-state index contributed by atoms with van der Waals surface area (Å²) in [5.74, 6) is -0.602. The minimum absolute atomic E-state index is 0.0131. The van der Waals surface area contributed by atoms with Gasteiger partial charge in [0, 0.05) is 6.07 Å². The highest BCUT2D eigenvalue weighted by Crippen LogP contribution is 2.35. The predicted molar refractivity (Wildman–Crippen MR) is 100 cm³/mol. The van der Waals surface area contributed by atoms with Crippen molar-refractivity contribution in [3.8, 4) is 11.5 Å². The van der Waals surface area contributed by atoms with Crippen molar-refractivity contribution in [1.29, 1.82) is 0 Å². The Hall–Kier alpha value is -3.45. The Kier molecular flexibility index (Phi) is 4.44. The summed E-state index contributed by atoms with van der Waals surface area (Å²) < 4.78 is 48.6. The van der Waals surface area contributed by atoms with Crippen molar-refractivity contribution in [2.45, 2.75) is 4.90 Å². The quantitative estimate of drug-likeness (QED) is 0.488. The first-order valence-electron chi connectivity index (χ1n) is 8.26. The van der Waals surface area contributed by atoms with Gasteiger partial charge >= 0.3 is 10.1 Å². The summed E-state index contributed by atoms with van der Waals surface area (Å²) >= 11 is 0. The van der Waals surface area contributed by atoms with Crippen LogP contribution in [0.25, 0.3) is 6.08 Å². The Labute approximate surface area is 160 Å². The van der Waals surface area contributed by atoms with Crippen molar-refractivity contribution in [3.05, 3.63) is 95.5 Å². The zero-order valence-electron chi connectivity index (χ0n) is 14.3. The predicted octanol–water partition coefficient (Wildman–Crippen LogP) is 4.21. The number of carbonyl (C=O) groups is 1. The Bertz CT molecular complexity index is 1200. The second-order valence-corrected chi connectivity index (χ2v) is 7.55. The molecule has 1 aliphatic heterocycles. The number of ether oxygens (including phenoxy) is 1. The van der Waals surface area contributed by atoms with Crippen LogP contribution in [-0.2, 0) is 10.1 Å². The van der Waals surface area contributed by atoms with Crippen LogP contribution in [-0.4, -0.2) is 14.2 Å². The summed E-state index contributed by atoms with van der Waals surface area (Å²) in [6, 6.07) is 17.6. The SMILES string of the molecule is O=C1/C(=C/c2cccc(F)c2)Oc2cc(OS(=O)(=O)c3ccccc3)ccc21. The molecule has 4 rings (SSSR count). The largest absolute Gasteiger partial charge is 0.452 e.